The topological polar surface area (TPSA) is 86.3 Å². The molecule has 39 heavy (non-hydrogen) atoms. The molecule has 0 bridgehead atoms. The number of furan rings is 1. The van der Waals surface area contributed by atoms with E-state index in [1.54, 1.807) is 12.1 Å². The van der Waals surface area contributed by atoms with Crippen molar-refractivity contribution < 1.29 is 17.8 Å². The minimum absolute atomic E-state index is 0.0604. The van der Waals surface area contributed by atoms with E-state index in [-0.39, 0.29) is 11.9 Å². The molecule has 0 spiro atoms. The molecule has 10 heteroatoms. The largest absolute Gasteiger partial charge is 0.438 e. The van der Waals surface area contributed by atoms with Gasteiger partial charge in [-0.25, -0.2) is 14.4 Å². The number of nitrogens with zero attached hydrogens (tertiary/aromatic N) is 5. The molecule has 2 saturated heterocycles. The number of benzene rings is 2. The molecule has 3 aromatic heterocycles. The molecule has 0 atom stereocenters. The molecular formula is C29H26FN5O3S. The van der Waals surface area contributed by atoms with Crippen LogP contribution in [0.4, 0.5) is 4.39 Å². The molecule has 5 aromatic rings. The zero-order chi connectivity index (χ0) is 26.3. The summed E-state index contributed by atoms with van der Waals surface area (Å²) in [4.78, 5) is 11.4. The Morgan fingerprint density at radius 1 is 0.974 bits per heavy atom. The number of hydrogen-bond donors (Lipinski definition) is 0. The van der Waals surface area contributed by atoms with Crippen LogP contribution in [0.3, 0.4) is 0 Å². The summed E-state index contributed by atoms with van der Waals surface area (Å²) >= 11 is 0. The van der Waals surface area contributed by atoms with Gasteiger partial charge in [-0.2, -0.15) is 5.10 Å². The molecule has 2 aromatic carbocycles. The molecule has 0 N–H and O–H groups in total. The molecule has 2 aliphatic heterocycles. The normalized spacial score (nSPS) is 19.8. The Kier molecular flexibility index (Phi) is 6.30. The van der Waals surface area contributed by atoms with Gasteiger partial charge in [0.1, 0.15) is 23.6 Å². The van der Waals surface area contributed by atoms with Gasteiger partial charge in [0.2, 0.25) is 5.71 Å². The van der Waals surface area contributed by atoms with Gasteiger partial charge in [-0.1, -0.05) is 18.2 Å². The van der Waals surface area contributed by atoms with E-state index in [4.69, 9.17) is 14.3 Å². The maximum atomic E-state index is 13.7. The Balaban J connectivity index is 1.28. The average Bonchev–Trinajstić information content (AvgIpc) is 3.58. The zero-order valence-electron chi connectivity index (χ0n) is 21.1. The van der Waals surface area contributed by atoms with Crippen molar-refractivity contribution >= 4 is 21.9 Å². The van der Waals surface area contributed by atoms with Crippen LogP contribution in [0.2, 0.25) is 0 Å². The third-order valence-corrected chi connectivity index (χ3v) is 8.80. The molecule has 0 amide bonds. The Hall–Kier alpha value is -3.73. The van der Waals surface area contributed by atoms with Gasteiger partial charge in [0.05, 0.1) is 30.3 Å². The maximum Gasteiger partial charge on any atom is 0.230 e. The van der Waals surface area contributed by atoms with Crippen LogP contribution in [0.25, 0.3) is 44.9 Å². The predicted molar refractivity (Wildman–Crippen MR) is 147 cm³/mol. The third-order valence-electron chi connectivity index (χ3n) is 7.29. The smallest absolute Gasteiger partial charge is 0.230 e. The van der Waals surface area contributed by atoms with E-state index in [1.807, 2.05) is 29.1 Å². The third kappa shape index (κ3) is 4.80. The molecule has 2 aliphatic rings. The van der Waals surface area contributed by atoms with E-state index in [9.17, 15) is 8.60 Å². The number of fused-ring (bicyclic) bond motifs is 1. The second-order valence-electron chi connectivity index (χ2n) is 9.95. The van der Waals surface area contributed by atoms with Gasteiger partial charge in [0.25, 0.3) is 0 Å². The van der Waals surface area contributed by atoms with Crippen molar-refractivity contribution in [3.63, 3.8) is 0 Å². The standard InChI is InChI=1S/C29H26FN5O3S/c30-22-6-4-20(5-7-22)27-25(15-35(33-27)23-16-39(36)17-23)28-24-13-26(38-29(24)32-18-31-28)21-3-1-2-19(12-21)14-34-8-10-37-11-9-34/h1-7,12-13,15,18,23H,8-11,14,16-17H2. The highest BCUT2D eigenvalue weighted by molar-refractivity contribution is 7.86. The van der Waals surface area contributed by atoms with Crippen molar-refractivity contribution in [2.75, 3.05) is 37.8 Å². The fourth-order valence-electron chi connectivity index (χ4n) is 5.16. The fourth-order valence-corrected chi connectivity index (χ4v) is 6.23. The Bertz CT molecular complexity index is 1670. The summed E-state index contributed by atoms with van der Waals surface area (Å²) in [6.45, 7) is 4.23. The quantitative estimate of drug-likeness (QED) is 0.307. The molecule has 2 fully saturated rings. The van der Waals surface area contributed by atoms with E-state index in [0.717, 1.165) is 54.9 Å². The number of rotatable bonds is 6. The van der Waals surface area contributed by atoms with E-state index in [1.165, 1.54) is 24.0 Å². The highest BCUT2D eigenvalue weighted by atomic mass is 32.2. The summed E-state index contributed by atoms with van der Waals surface area (Å²) in [6, 6.07) is 16.7. The van der Waals surface area contributed by atoms with Crippen LogP contribution in [0.15, 0.2) is 71.5 Å². The Labute approximate surface area is 226 Å². The predicted octanol–water partition coefficient (Wildman–Crippen LogP) is 4.70. The number of ether oxygens (including phenoxy) is 1. The molecule has 8 nitrogen and oxygen atoms in total. The van der Waals surface area contributed by atoms with E-state index in [0.29, 0.717) is 34.4 Å². The van der Waals surface area contributed by atoms with Crippen molar-refractivity contribution in [1.29, 1.82) is 0 Å². The lowest BCUT2D eigenvalue weighted by molar-refractivity contribution is 0.0342. The van der Waals surface area contributed by atoms with Gasteiger partial charge >= 0.3 is 0 Å². The first-order valence-corrected chi connectivity index (χ1v) is 14.4. The Morgan fingerprint density at radius 2 is 1.79 bits per heavy atom. The highest BCUT2D eigenvalue weighted by Gasteiger charge is 2.30. The van der Waals surface area contributed by atoms with Crippen molar-refractivity contribution in [3.8, 4) is 33.8 Å². The molecule has 0 aliphatic carbocycles. The van der Waals surface area contributed by atoms with Crippen LogP contribution in [0.5, 0.6) is 0 Å². The van der Waals surface area contributed by atoms with Crippen molar-refractivity contribution in [2.45, 2.75) is 12.6 Å². The summed E-state index contributed by atoms with van der Waals surface area (Å²) in [6.07, 6.45) is 3.43. The number of morpholine rings is 1. The number of halogens is 1. The summed E-state index contributed by atoms with van der Waals surface area (Å²) in [7, 11) is -0.817. The summed E-state index contributed by atoms with van der Waals surface area (Å²) in [5.41, 5.74) is 5.59. The van der Waals surface area contributed by atoms with Gasteiger partial charge in [-0.05, 0) is 42.0 Å². The first-order chi connectivity index (χ1) is 19.1. The van der Waals surface area contributed by atoms with Crippen molar-refractivity contribution in [3.05, 3.63) is 78.5 Å². The lowest BCUT2D eigenvalue weighted by Crippen LogP contribution is -2.35. The second-order valence-corrected chi connectivity index (χ2v) is 11.5. The van der Waals surface area contributed by atoms with Gasteiger partial charge in [-0.3, -0.25) is 13.8 Å². The summed E-state index contributed by atoms with van der Waals surface area (Å²) in [5.74, 6) is 1.54. The molecule has 198 valence electrons. The van der Waals surface area contributed by atoms with Crippen LogP contribution < -0.4 is 0 Å². The van der Waals surface area contributed by atoms with Crippen molar-refractivity contribution in [1.82, 2.24) is 24.6 Å². The van der Waals surface area contributed by atoms with E-state index < -0.39 is 10.8 Å². The van der Waals surface area contributed by atoms with Crippen molar-refractivity contribution in [2.24, 2.45) is 0 Å². The monoisotopic (exact) mass is 543 g/mol. The molecule has 5 heterocycles. The van der Waals surface area contributed by atoms with Crippen LogP contribution >= 0.6 is 0 Å². The second kappa shape index (κ2) is 10.1. The van der Waals surface area contributed by atoms with Crippen LogP contribution in [0.1, 0.15) is 11.6 Å². The van der Waals surface area contributed by atoms with Gasteiger partial charge in [-0.15, -0.1) is 0 Å². The molecule has 0 saturated carbocycles. The first kappa shape index (κ1) is 24.3. The van der Waals surface area contributed by atoms with Gasteiger partial charge in [0.15, 0.2) is 0 Å². The highest BCUT2D eigenvalue weighted by Crippen LogP contribution is 2.38. The molecular weight excluding hydrogens is 517 g/mol. The molecule has 0 radical (unpaired) electrons. The van der Waals surface area contributed by atoms with Gasteiger partial charge < -0.3 is 9.15 Å². The van der Waals surface area contributed by atoms with E-state index >= 15 is 0 Å². The lowest BCUT2D eigenvalue weighted by Gasteiger charge is -2.26. The van der Waals surface area contributed by atoms with Crippen LogP contribution in [-0.2, 0) is 22.1 Å². The fraction of sp³-hybridized carbons (Fsp3) is 0.276. The molecule has 7 rings (SSSR count). The van der Waals surface area contributed by atoms with E-state index in [2.05, 4.69) is 27.0 Å². The minimum atomic E-state index is -0.817. The average molecular weight is 544 g/mol. The summed E-state index contributed by atoms with van der Waals surface area (Å²) < 4.78 is 39.0. The lowest BCUT2D eigenvalue weighted by atomic mass is 10.0. The molecule has 0 unspecified atom stereocenters. The minimum Gasteiger partial charge on any atom is -0.438 e. The SMILES string of the molecule is O=S1CC(n2cc(-c3ncnc4oc(-c5cccc(CN6CCOCC6)c5)cc34)c(-c3ccc(F)cc3)n2)C1. The van der Waals surface area contributed by atoms with Crippen LogP contribution in [-0.4, -0.2) is 66.7 Å². The number of hydrogen-bond acceptors (Lipinski definition) is 7. The first-order valence-electron chi connectivity index (χ1n) is 12.9. The maximum absolute atomic E-state index is 13.7. The number of aromatic nitrogens is 4. The van der Waals surface area contributed by atoms with Crippen LogP contribution in [0, 0.1) is 5.82 Å². The van der Waals surface area contributed by atoms with Gasteiger partial charge in [0, 0.05) is 64.8 Å². The Morgan fingerprint density at radius 3 is 2.59 bits per heavy atom. The summed E-state index contributed by atoms with van der Waals surface area (Å²) in [5, 5.41) is 5.61. The zero-order valence-corrected chi connectivity index (χ0v) is 21.9.